The SMILES string of the molecule is COc1ccc(N2C(=O)CCCC2(C)C)cc1. The van der Waals surface area contributed by atoms with E-state index in [1.54, 1.807) is 7.11 Å². The minimum absolute atomic E-state index is 0.0933. The standard InChI is InChI=1S/C14H19NO2/c1-14(2)10-4-5-13(16)15(14)11-6-8-12(17-3)9-7-11/h6-9H,4-5,10H2,1-3H3. The lowest BCUT2D eigenvalue weighted by atomic mass is 9.89. The molecule has 2 rings (SSSR count). The van der Waals surface area contributed by atoms with E-state index in [1.807, 2.05) is 29.2 Å². The smallest absolute Gasteiger partial charge is 0.227 e. The third-order valence-electron chi connectivity index (χ3n) is 3.36. The highest BCUT2D eigenvalue weighted by atomic mass is 16.5. The second kappa shape index (κ2) is 4.40. The van der Waals surface area contributed by atoms with Gasteiger partial charge in [-0.3, -0.25) is 4.79 Å². The minimum Gasteiger partial charge on any atom is -0.497 e. The summed E-state index contributed by atoms with van der Waals surface area (Å²) in [6.45, 7) is 4.24. The number of anilines is 1. The Hall–Kier alpha value is -1.51. The predicted molar refractivity (Wildman–Crippen MR) is 68.4 cm³/mol. The topological polar surface area (TPSA) is 29.5 Å². The molecule has 1 aromatic carbocycles. The molecule has 17 heavy (non-hydrogen) atoms. The van der Waals surface area contributed by atoms with E-state index in [0.717, 1.165) is 24.3 Å². The number of hydrogen-bond donors (Lipinski definition) is 0. The summed E-state index contributed by atoms with van der Waals surface area (Å²) in [5, 5.41) is 0. The normalized spacial score (nSPS) is 19.2. The molecule has 3 heteroatoms. The third-order valence-corrected chi connectivity index (χ3v) is 3.36. The third kappa shape index (κ3) is 2.28. The van der Waals surface area contributed by atoms with Gasteiger partial charge in [0, 0.05) is 17.6 Å². The molecule has 1 saturated heterocycles. The van der Waals surface area contributed by atoms with Crippen molar-refractivity contribution in [1.29, 1.82) is 0 Å². The van der Waals surface area contributed by atoms with E-state index in [4.69, 9.17) is 4.74 Å². The van der Waals surface area contributed by atoms with Gasteiger partial charge in [0.1, 0.15) is 5.75 Å². The highest BCUT2D eigenvalue weighted by molar-refractivity contribution is 5.95. The summed E-state index contributed by atoms with van der Waals surface area (Å²) in [5.41, 5.74) is 0.865. The fourth-order valence-corrected chi connectivity index (χ4v) is 2.46. The summed E-state index contributed by atoms with van der Waals surface area (Å²) in [6, 6.07) is 7.69. The number of carbonyl (C=O) groups is 1. The lowest BCUT2D eigenvalue weighted by Gasteiger charge is -2.42. The van der Waals surface area contributed by atoms with Crippen LogP contribution in [0.5, 0.6) is 5.75 Å². The first-order valence-electron chi connectivity index (χ1n) is 6.02. The first-order chi connectivity index (χ1) is 8.04. The average Bonchev–Trinajstić information content (AvgIpc) is 2.28. The van der Waals surface area contributed by atoms with Crippen molar-refractivity contribution in [3.63, 3.8) is 0 Å². The Labute approximate surface area is 102 Å². The lowest BCUT2D eigenvalue weighted by molar-refractivity contribution is -0.121. The first kappa shape index (κ1) is 12.0. The Morgan fingerprint density at radius 1 is 1.24 bits per heavy atom. The molecule has 1 fully saturated rings. The van der Waals surface area contributed by atoms with Crippen molar-refractivity contribution in [2.24, 2.45) is 0 Å². The second-order valence-electron chi connectivity index (χ2n) is 5.09. The number of carbonyl (C=O) groups excluding carboxylic acids is 1. The van der Waals surface area contributed by atoms with Crippen LogP contribution in [0, 0.1) is 0 Å². The Kier molecular flexibility index (Phi) is 3.09. The number of piperidine rings is 1. The van der Waals surface area contributed by atoms with Crippen molar-refractivity contribution in [1.82, 2.24) is 0 Å². The molecule has 0 bridgehead atoms. The molecule has 0 unspecified atom stereocenters. The maximum atomic E-state index is 12.1. The Balaban J connectivity index is 2.32. The fourth-order valence-electron chi connectivity index (χ4n) is 2.46. The molecule has 0 aliphatic carbocycles. The summed E-state index contributed by atoms with van der Waals surface area (Å²) >= 11 is 0. The molecule has 92 valence electrons. The van der Waals surface area contributed by atoms with E-state index in [9.17, 15) is 4.79 Å². The fraction of sp³-hybridized carbons (Fsp3) is 0.500. The minimum atomic E-state index is -0.0933. The molecule has 3 nitrogen and oxygen atoms in total. The molecule has 1 heterocycles. The van der Waals surface area contributed by atoms with E-state index < -0.39 is 0 Å². The zero-order chi connectivity index (χ0) is 12.5. The van der Waals surface area contributed by atoms with Gasteiger partial charge in [0.05, 0.1) is 7.11 Å². The number of rotatable bonds is 2. The largest absolute Gasteiger partial charge is 0.497 e. The van der Waals surface area contributed by atoms with Gasteiger partial charge in [0.25, 0.3) is 0 Å². The van der Waals surface area contributed by atoms with Gasteiger partial charge in [0.15, 0.2) is 0 Å². The predicted octanol–water partition coefficient (Wildman–Crippen LogP) is 2.99. The molecule has 1 aliphatic heterocycles. The zero-order valence-electron chi connectivity index (χ0n) is 10.7. The van der Waals surface area contributed by atoms with Crippen LogP contribution in [0.15, 0.2) is 24.3 Å². The maximum Gasteiger partial charge on any atom is 0.227 e. The van der Waals surface area contributed by atoms with Gasteiger partial charge in [0.2, 0.25) is 5.91 Å². The van der Waals surface area contributed by atoms with Gasteiger partial charge in [-0.15, -0.1) is 0 Å². The van der Waals surface area contributed by atoms with Crippen molar-refractivity contribution < 1.29 is 9.53 Å². The Morgan fingerprint density at radius 2 is 1.88 bits per heavy atom. The van der Waals surface area contributed by atoms with Crippen molar-refractivity contribution in [3.05, 3.63) is 24.3 Å². The summed E-state index contributed by atoms with van der Waals surface area (Å²) in [6.07, 6.45) is 2.68. The Morgan fingerprint density at radius 3 is 2.41 bits per heavy atom. The molecular weight excluding hydrogens is 214 g/mol. The van der Waals surface area contributed by atoms with Crippen molar-refractivity contribution in [2.45, 2.75) is 38.6 Å². The first-order valence-corrected chi connectivity index (χ1v) is 6.02. The van der Waals surface area contributed by atoms with Crippen LogP contribution in [-0.2, 0) is 4.79 Å². The lowest BCUT2D eigenvalue weighted by Crippen LogP contribution is -2.51. The average molecular weight is 233 g/mol. The Bertz CT molecular complexity index is 409. The van der Waals surface area contributed by atoms with Gasteiger partial charge >= 0.3 is 0 Å². The summed E-state index contributed by atoms with van der Waals surface area (Å²) < 4.78 is 5.13. The molecular formula is C14H19NO2. The van der Waals surface area contributed by atoms with Gasteiger partial charge in [-0.2, -0.15) is 0 Å². The molecule has 0 radical (unpaired) electrons. The summed E-state index contributed by atoms with van der Waals surface area (Å²) in [5.74, 6) is 1.03. The molecule has 0 N–H and O–H groups in total. The molecule has 0 saturated carbocycles. The highest BCUT2D eigenvalue weighted by Crippen LogP contribution is 2.33. The number of amides is 1. The van der Waals surface area contributed by atoms with Crippen LogP contribution in [0.2, 0.25) is 0 Å². The number of benzene rings is 1. The molecule has 1 amide bonds. The van der Waals surface area contributed by atoms with Gasteiger partial charge in [-0.05, 0) is 51.0 Å². The van der Waals surface area contributed by atoms with Crippen LogP contribution in [0.4, 0.5) is 5.69 Å². The van der Waals surface area contributed by atoms with Gasteiger partial charge in [-0.1, -0.05) is 0 Å². The quantitative estimate of drug-likeness (QED) is 0.786. The van der Waals surface area contributed by atoms with E-state index in [-0.39, 0.29) is 11.4 Å². The summed E-state index contributed by atoms with van der Waals surface area (Å²) in [7, 11) is 1.64. The monoisotopic (exact) mass is 233 g/mol. The van der Waals surface area contributed by atoms with Crippen molar-refractivity contribution in [2.75, 3.05) is 12.0 Å². The number of hydrogen-bond acceptors (Lipinski definition) is 2. The van der Waals surface area contributed by atoms with Crippen LogP contribution in [0.1, 0.15) is 33.1 Å². The number of ether oxygens (including phenoxy) is 1. The molecule has 1 aromatic rings. The molecule has 0 aromatic heterocycles. The van der Waals surface area contributed by atoms with Crippen LogP contribution < -0.4 is 9.64 Å². The molecule has 0 spiro atoms. The van der Waals surface area contributed by atoms with Crippen LogP contribution in [0.3, 0.4) is 0 Å². The van der Waals surface area contributed by atoms with Crippen LogP contribution in [-0.4, -0.2) is 18.6 Å². The second-order valence-corrected chi connectivity index (χ2v) is 5.09. The van der Waals surface area contributed by atoms with Gasteiger partial charge < -0.3 is 9.64 Å². The molecule has 0 atom stereocenters. The van der Waals surface area contributed by atoms with Gasteiger partial charge in [-0.25, -0.2) is 0 Å². The summed E-state index contributed by atoms with van der Waals surface area (Å²) in [4.78, 5) is 14.0. The van der Waals surface area contributed by atoms with Crippen LogP contribution in [0.25, 0.3) is 0 Å². The van der Waals surface area contributed by atoms with E-state index >= 15 is 0 Å². The zero-order valence-corrected chi connectivity index (χ0v) is 10.7. The number of methoxy groups -OCH3 is 1. The maximum absolute atomic E-state index is 12.1. The van der Waals surface area contributed by atoms with Crippen molar-refractivity contribution >= 4 is 11.6 Å². The van der Waals surface area contributed by atoms with E-state index in [2.05, 4.69) is 13.8 Å². The van der Waals surface area contributed by atoms with E-state index in [1.165, 1.54) is 0 Å². The highest BCUT2D eigenvalue weighted by Gasteiger charge is 2.35. The molecule has 1 aliphatic rings. The van der Waals surface area contributed by atoms with Crippen LogP contribution >= 0.6 is 0 Å². The number of nitrogens with zero attached hydrogens (tertiary/aromatic N) is 1. The van der Waals surface area contributed by atoms with E-state index in [0.29, 0.717) is 6.42 Å². The van der Waals surface area contributed by atoms with Crippen molar-refractivity contribution in [3.8, 4) is 5.75 Å².